The van der Waals surface area contributed by atoms with Crippen molar-refractivity contribution in [1.82, 2.24) is 0 Å². The minimum Gasteiger partial charge on any atom is -0.506 e. The maximum Gasteiger partial charge on any atom is 0.237 e. The van der Waals surface area contributed by atoms with E-state index < -0.39 is 11.6 Å². The molecule has 5 nitrogen and oxygen atoms in total. The lowest BCUT2D eigenvalue weighted by Gasteiger charge is -2.34. The van der Waals surface area contributed by atoms with Crippen LogP contribution in [0.3, 0.4) is 0 Å². The maximum absolute atomic E-state index is 13.5. The van der Waals surface area contributed by atoms with Crippen LogP contribution in [-0.4, -0.2) is 22.4 Å². The fourth-order valence-corrected chi connectivity index (χ4v) is 7.31. The normalized spacial score (nSPS) is 30.7. The molecule has 3 aliphatic carbocycles. The Morgan fingerprint density at radius 3 is 2.25 bits per heavy atom. The van der Waals surface area contributed by atoms with E-state index in [9.17, 15) is 14.7 Å². The van der Waals surface area contributed by atoms with Crippen LogP contribution in [-0.2, 0) is 20.4 Å². The van der Waals surface area contributed by atoms with E-state index in [0.29, 0.717) is 12.8 Å². The van der Waals surface area contributed by atoms with Gasteiger partial charge in [-0.3, -0.25) is 14.6 Å². The molecule has 2 aromatic carbocycles. The Kier molecular flexibility index (Phi) is 4.28. The lowest BCUT2D eigenvalue weighted by molar-refractivity contribution is -0.131. The van der Waals surface area contributed by atoms with Crippen molar-refractivity contribution in [2.75, 3.05) is 5.32 Å². The average Bonchev–Trinajstić information content (AvgIpc) is 3.44. The molecule has 2 N–H and O–H groups in total. The molecule has 0 saturated heterocycles. The fourth-order valence-electron chi connectivity index (χ4n) is 7.31. The van der Waals surface area contributed by atoms with Crippen LogP contribution in [0, 0.1) is 0 Å². The number of aliphatic hydroxyl groups excluding tert-OH is 1. The lowest BCUT2D eigenvalue weighted by atomic mass is 9.68. The summed E-state index contributed by atoms with van der Waals surface area (Å²) < 4.78 is 0. The number of carbonyl (C=O) groups is 2. The Morgan fingerprint density at radius 2 is 1.44 bits per heavy atom. The molecule has 36 heavy (non-hydrogen) atoms. The molecule has 2 unspecified atom stereocenters. The summed E-state index contributed by atoms with van der Waals surface area (Å²) in [6.07, 6.45) is 4.91. The topological polar surface area (TPSA) is 78.8 Å². The molecular formula is C31H28N2O3. The van der Waals surface area contributed by atoms with E-state index >= 15 is 0 Å². The predicted octanol–water partition coefficient (Wildman–Crippen LogP) is 6.30. The minimum atomic E-state index is -0.601. The summed E-state index contributed by atoms with van der Waals surface area (Å²) in [6, 6.07) is 16.3. The summed E-state index contributed by atoms with van der Waals surface area (Å²) in [5, 5.41) is 15.1. The Morgan fingerprint density at radius 1 is 0.806 bits per heavy atom. The third-order valence-corrected chi connectivity index (χ3v) is 9.12. The van der Waals surface area contributed by atoms with E-state index in [4.69, 9.17) is 4.99 Å². The SMILES string of the molecule is CC12CCCC(=C3C(=O)C(=O)C(C4=C5Nc6ccccc6C5(C)CCC4)=C3O)C1=Nc1ccccc12. The van der Waals surface area contributed by atoms with Crippen LogP contribution in [0.1, 0.15) is 63.5 Å². The number of carbonyl (C=O) groups excluding carboxylic acids is 2. The number of para-hydroxylation sites is 2. The minimum absolute atomic E-state index is 0.160. The first-order valence-corrected chi connectivity index (χ1v) is 12.9. The van der Waals surface area contributed by atoms with Crippen molar-refractivity contribution in [1.29, 1.82) is 0 Å². The Labute approximate surface area is 210 Å². The van der Waals surface area contributed by atoms with E-state index in [1.165, 1.54) is 5.56 Å². The van der Waals surface area contributed by atoms with E-state index in [-0.39, 0.29) is 27.7 Å². The van der Waals surface area contributed by atoms with Crippen LogP contribution in [0.25, 0.3) is 0 Å². The molecule has 2 heterocycles. The Bertz CT molecular complexity index is 1540. The van der Waals surface area contributed by atoms with Gasteiger partial charge in [0.2, 0.25) is 11.6 Å². The number of benzene rings is 2. The van der Waals surface area contributed by atoms with Crippen LogP contribution < -0.4 is 5.32 Å². The van der Waals surface area contributed by atoms with Gasteiger partial charge in [0.25, 0.3) is 0 Å². The zero-order valence-corrected chi connectivity index (χ0v) is 20.6. The second-order valence-corrected chi connectivity index (χ2v) is 11.1. The van der Waals surface area contributed by atoms with Gasteiger partial charge in [-0.2, -0.15) is 0 Å². The summed E-state index contributed by atoms with van der Waals surface area (Å²) in [6.45, 7) is 4.35. The molecule has 5 aliphatic rings. The predicted molar refractivity (Wildman–Crippen MR) is 140 cm³/mol. The van der Waals surface area contributed by atoms with Gasteiger partial charge in [-0.25, -0.2) is 0 Å². The summed E-state index contributed by atoms with van der Waals surface area (Å²) >= 11 is 0. The quantitative estimate of drug-likeness (QED) is 0.374. The molecule has 2 atom stereocenters. The first-order chi connectivity index (χ1) is 17.3. The van der Waals surface area contributed by atoms with E-state index in [2.05, 4.69) is 31.3 Å². The smallest absolute Gasteiger partial charge is 0.237 e. The van der Waals surface area contributed by atoms with Gasteiger partial charge in [0, 0.05) is 22.2 Å². The van der Waals surface area contributed by atoms with Crippen LogP contribution in [0.5, 0.6) is 0 Å². The number of fused-ring (bicyclic) bond motifs is 6. The summed E-state index contributed by atoms with van der Waals surface area (Å²) in [5.41, 5.74) is 7.37. The third-order valence-electron chi connectivity index (χ3n) is 9.12. The second kappa shape index (κ2) is 7.16. The van der Waals surface area contributed by atoms with Crippen LogP contribution in [0.15, 0.2) is 87.3 Å². The van der Waals surface area contributed by atoms with Gasteiger partial charge in [-0.15, -0.1) is 0 Å². The molecule has 0 spiro atoms. The first kappa shape index (κ1) is 21.5. The molecule has 1 fully saturated rings. The number of nitrogens with zero attached hydrogens (tertiary/aromatic N) is 1. The molecule has 5 heteroatoms. The number of anilines is 1. The van der Waals surface area contributed by atoms with Gasteiger partial charge < -0.3 is 10.4 Å². The van der Waals surface area contributed by atoms with Crippen molar-refractivity contribution in [2.24, 2.45) is 4.99 Å². The third kappa shape index (κ3) is 2.58. The molecule has 0 aromatic heterocycles. The highest BCUT2D eigenvalue weighted by Crippen LogP contribution is 2.54. The Hall–Kier alpha value is -3.73. The maximum atomic E-state index is 13.5. The first-order valence-electron chi connectivity index (χ1n) is 12.9. The zero-order chi connectivity index (χ0) is 24.8. The van der Waals surface area contributed by atoms with Gasteiger partial charge in [-0.05, 0) is 86.8 Å². The number of hydrogen-bond acceptors (Lipinski definition) is 5. The summed E-state index contributed by atoms with van der Waals surface area (Å²) in [5.74, 6) is -1.36. The molecule has 0 radical (unpaired) electrons. The molecule has 2 aliphatic heterocycles. The van der Waals surface area contributed by atoms with Crippen molar-refractivity contribution >= 4 is 28.7 Å². The fraction of sp³-hybridized carbons (Fsp3) is 0.323. The lowest BCUT2D eigenvalue weighted by Crippen LogP contribution is -2.35. The van der Waals surface area contributed by atoms with Crippen molar-refractivity contribution < 1.29 is 14.7 Å². The van der Waals surface area contributed by atoms with E-state index in [1.807, 2.05) is 36.4 Å². The molecular weight excluding hydrogens is 448 g/mol. The highest BCUT2D eigenvalue weighted by molar-refractivity contribution is 6.55. The van der Waals surface area contributed by atoms with Crippen LogP contribution in [0.4, 0.5) is 11.4 Å². The van der Waals surface area contributed by atoms with Gasteiger partial charge in [0.1, 0.15) is 5.76 Å². The Balaban J connectivity index is 1.42. The molecule has 0 amide bonds. The number of hydrogen-bond donors (Lipinski definition) is 2. The summed E-state index contributed by atoms with van der Waals surface area (Å²) in [4.78, 5) is 32.0. The largest absolute Gasteiger partial charge is 0.506 e. The van der Waals surface area contributed by atoms with Gasteiger partial charge >= 0.3 is 0 Å². The van der Waals surface area contributed by atoms with Crippen molar-refractivity contribution in [3.63, 3.8) is 0 Å². The highest BCUT2D eigenvalue weighted by atomic mass is 16.3. The number of nitrogens with one attached hydrogen (secondary N) is 1. The van der Waals surface area contributed by atoms with Gasteiger partial charge in [0.05, 0.1) is 22.5 Å². The number of aliphatic imine (C=N–C) groups is 1. The van der Waals surface area contributed by atoms with E-state index in [1.54, 1.807) is 0 Å². The number of rotatable bonds is 1. The monoisotopic (exact) mass is 476 g/mol. The van der Waals surface area contributed by atoms with Crippen LogP contribution in [0.2, 0.25) is 0 Å². The van der Waals surface area contributed by atoms with E-state index in [0.717, 1.165) is 65.2 Å². The van der Waals surface area contributed by atoms with Crippen molar-refractivity contribution in [3.8, 4) is 0 Å². The van der Waals surface area contributed by atoms with Crippen molar-refractivity contribution in [3.05, 3.63) is 93.4 Å². The zero-order valence-electron chi connectivity index (χ0n) is 20.6. The molecule has 2 aromatic rings. The standard InChI is InChI=1S/C31H28N2O3/c1-30-15-7-9-17(28(30)32-21-13-5-3-11-19(21)30)23-25(34)24(27(36)26(23)35)18-10-8-16-31(2)20-12-4-6-14-22(20)33-29(18)31/h3-6,11-14,32,34H,7-10,15-16H2,1-2H3. The van der Waals surface area contributed by atoms with Gasteiger partial charge in [0.15, 0.2) is 0 Å². The number of aliphatic hydroxyl groups is 1. The second-order valence-electron chi connectivity index (χ2n) is 11.1. The number of ketones is 2. The number of allylic oxidation sites excluding steroid dienone is 5. The van der Waals surface area contributed by atoms with Crippen LogP contribution >= 0.6 is 0 Å². The average molecular weight is 477 g/mol. The molecule has 0 bridgehead atoms. The molecule has 7 rings (SSSR count). The number of Topliss-reactive ketones (excluding diaryl/α,β-unsaturated/α-hetero) is 2. The van der Waals surface area contributed by atoms with Gasteiger partial charge in [-0.1, -0.05) is 36.4 Å². The van der Waals surface area contributed by atoms with Crippen molar-refractivity contribution in [2.45, 2.75) is 63.2 Å². The molecule has 180 valence electrons. The summed E-state index contributed by atoms with van der Waals surface area (Å²) in [7, 11) is 0. The highest BCUT2D eigenvalue weighted by Gasteiger charge is 2.50. The molecule has 1 saturated carbocycles.